The molecule has 1 atom stereocenters. The molecule has 8 heteroatoms. The average Bonchev–Trinajstić information content (AvgIpc) is 2.50. The summed E-state index contributed by atoms with van der Waals surface area (Å²) in [5, 5.41) is 6.35. The molecule has 0 heterocycles. The molecular formula is C18H31N3O3S2. The van der Waals surface area contributed by atoms with Crippen molar-refractivity contribution in [2.24, 2.45) is 4.99 Å². The fourth-order valence-corrected chi connectivity index (χ4v) is 4.17. The lowest BCUT2D eigenvalue weighted by atomic mass is 10.1. The van der Waals surface area contributed by atoms with Crippen LogP contribution in [0.5, 0.6) is 0 Å². The number of benzene rings is 1. The third-order valence-corrected chi connectivity index (χ3v) is 6.86. The van der Waals surface area contributed by atoms with E-state index in [0.29, 0.717) is 29.7 Å². The molecule has 0 bridgehead atoms. The van der Waals surface area contributed by atoms with Crippen LogP contribution in [0.25, 0.3) is 0 Å². The average molecular weight is 402 g/mol. The molecule has 2 N–H and O–H groups in total. The van der Waals surface area contributed by atoms with Gasteiger partial charge in [0.15, 0.2) is 15.8 Å². The standard InChI is InChI=1S/C18H31N3O3S2/c1-7-19-17(20-10-11-25(22)18(3,4)5)21-13-15-8-9-16(14(2)12-15)26(6,23)24/h8-9,12H,7,10-11,13H2,1-6H3,(H2,19,20,21). The van der Waals surface area contributed by atoms with E-state index in [0.717, 1.165) is 17.7 Å². The molecule has 1 aromatic rings. The molecule has 148 valence electrons. The molecule has 0 aliphatic carbocycles. The summed E-state index contributed by atoms with van der Waals surface area (Å²) in [6.45, 7) is 11.4. The van der Waals surface area contributed by atoms with Gasteiger partial charge in [-0.05, 0) is 51.8 Å². The fourth-order valence-electron chi connectivity index (χ4n) is 2.31. The third kappa shape index (κ3) is 7.45. The lowest BCUT2D eigenvalue weighted by Crippen LogP contribution is -2.40. The zero-order valence-electron chi connectivity index (χ0n) is 16.5. The first-order valence-corrected chi connectivity index (χ1v) is 11.9. The van der Waals surface area contributed by atoms with Crippen molar-refractivity contribution in [2.75, 3.05) is 25.1 Å². The van der Waals surface area contributed by atoms with E-state index < -0.39 is 20.6 Å². The van der Waals surface area contributed by atoms with Gasteiger partial charge in [-0.2, -0.15) is 0 Å². The number of hydrogen-bond donors (Lipinski definition) is 2. The van der Waals surface area contributed by atoms with Crippen LogP contribution < -0.4 is 10.6 Å². The Kier molecular flexibility index (Phi) is 8.27. The van der Waals surface area contributed by atoms with Gasteiger partial charge in [0.05, 0.1) is 11.4 Å². The summed E-state index contributed by atoms with van der Waals surface area (Å²) in [5.41, 5.74) is 1.66. The van der Waals surface area contributed by atoms with Crippen LogP contribution >= 0.6 is 0 Å². The van der Waals surface area contributed by atoms with Crippen molar-refractivity contribution in [3.8, 4) is 0 Å². The van der Waals surface area contributed by atoms with Crippen LogP contribution in [0, 0.1) is 6.92 Å². The van der Waals surface area contributed by atoms with Gasteiger partial charge < -0.3 is 10.6 Å². The highest BCUT2D eigenvalue weighted by Crippen LogP contribution is 2.17. The molecule has 1 aromatic carbocycles. The first-order valence-electron chi connectivity index (χ1n) is 8.65. The molecule has 0 saturated heterocycles. The van der Waals surface area contributed by atoms with Crippen molar-refractivity contribution in [3.05, 3.63) is 29.3 Å². The lowest BCUT2D eigenvalue weighted by molar-refractivity contribution is 0.601. The van der Waals surface area contributed by atoms with Crippen molar-refractivity contribution in [3.63, 3.8) is 0 Å². The number of hydrogen-bond acceptors (Lipinski definition) is 4. The highest BCUT2D eigenvalue weighted by Gasteiger charge is 2.18. The number of aryl methyl sites for hydroxylation is 1. The van der Waals surface area contributed by atoms with E-state index >= 15 is 0 Å². The zero-order valence-corrected chi connectivity index (χ0v) is 18.2. The Morgan fingerprint density at radius 2 is 1.88 bits per heavy atom. The van der Waals surface area contributed by atoms with Crippen molar-refractivity contribution >= 4 is 26.6 Å². The largest absolute Gasteiger partial charge is 0.357 e. The predicted molar refractivity (Wildman–Crippen MR) is 110 cm³/mol. The van der Waals surface area contributed by atoms with E-state index in [2.05, 4.69) is 15.6 Å². The number of guanidine groups is 1. The first-order chi connectivity index (χ1) is 11.9. The third-order valence-electron chi connectivity index (χ3n) is 3.67. The van der Waals surface area contributed by atoms with Gasteiger partial charge in [-0.3, -0.25) is 4.21 Å². The minimum atomic E-state index is -3.21. The Hall–Kier alpha value is -1.41. The first kappa shape index (κ1) is 22.6. The second kappa shape index (κ2) is 9.50. The van der Waals surface area contributed by atoms with Crippen molar-refractivity contribution in [1.82, 2.24) is 10.6 Å². The summed E-state index contributed by atoms with van der Waals surface area (Å²) in [4.78, 5) is 4.87. The molecule has 0 aromatic heterocycles. The normalized spacial score (nSPS) is 14.2. The highest BCUT2D eigenvalue weighted by molar-refractivity contribution is 7.90. The quantitative estimate of drug-likeness (QED) is 0.539. The Morgan fingerprint density at radius 3 is 2.38 bits per heavy atom. The van der Waals surface area contributed by atoms with Crippen LogP contribution in [0.15, 0.2) is 28.1 Å². The molecule has 26 heavy (non-hydrogen) atoms. The molecule has 0 fully saturated rings. The topological polar surface area (TPSA) is 87.6 Å². The summed E-state index contributed by atoms with van der Waals surface area (Å²) in [6, 6.07) is 5.26. The minimum Gasteiger partial charge on any atom is -0.357 e. The van der Waals surface area contributed by atoms with Gasteiger partial charge in [0.25, 0.3) is 0 Å². The predicted octanol–water partition coefficient (Wildman–Crippen LogP) is 2.00. The molecule has 0 amide bonds. The van der Waals surface area contributed by atoms with Gasteiger partial charge in [0, 0.05) is 40.6 Å². The van der Waals surface area contributed by atoms with E-state index in [1.807, 2.05) is 33.8 Å². The second-order valence-corrected chi connectivity index (χ2v) is 11.5. The summed E-state index contributed by atoms with van der Waals surface area (Å²) < 4.78 is 35.2. The highest BCUT2D eigenvalue weighted by atomic mass is 32.2. The van der Waals surface area contributed by atoms with Crippen molar-refractivity contribution < 1.29 is 12.6 Å². The molecule has 0 aliphatic rings. The Bertz CT molecular complexity index is 766. The zero-order chi connectivity index (χ0) is 20.0. The summed E-state index contributed by atoms with van der Waals surface area (Å²) in [6.07, 6.45) is 1.21. The van der Waals surface area contributed by atoms with Gasteiger partial charge in [-0.1, -0.05) is 12.1 Å². The maximum atomic E-state index is 12.1. The van der Waals surface area contributed by atoms with Crippen LogP contribution in [-0.4, -0.2) is 48.4 Å². The van der Waals surface area contributed by atoms with Crippen LogP contribution in [0.1, 0.15) is 38.8 Å². The summed E-state index contributed by atoms with van der Waals surface area (Å²) in [7, 11) is -4.13. The number of nitrogens with zero attached hydrogens (tertiary/aromatic N) is 1. The molecule has 0 spiro atoms. The van der Waals surface area contributed by atoms with E-state index in [1.165, 1.54) is 6.26 Å². The van der Waals surface area contributed by atoms with Crippen LogP contribution in [0.3, 0.4) is 0 Å². The Balaban J connectivity index is 2.75. The van der Waals surface area contributed by atoms with Gasteiger partial charge in [0.1, 0.15) is 0 Å². The van der Waals surface area contributed by atoms with E-state index in [9.17, 15) is 12.6 Å². The molecule has 0 radical (unpaired) electrons. The van der Waals surface area contributed by atoms with Gasteiger partial charge in [-0.15, -0.1) is 0 Å². The summed E-state index contributed by atoms with van der Waals surface area (Å²) >= 11 is 0. The van der Waals surface area contributed by atoms with E-state index in [-0.39, 0.29) is 4.75 Å². The van der Waals surface area contributed by atoms with Crippen LogP contribution in [0.2, 0.25) is 0 Å². The molecule has 1 rings (SSSR count). The molecule has 0 saturated carbocycles. The van der Waals surface area contributed by atoms with Gasteiger partial charge in [0.2, 0.25) is 0 Å². The van der Waals surface area contributed by atoms with E-state index in [1.54, 1.807) is 19.1 Å². The van der Waals surface area contributed by atoms with Crippen molar-refractivity contribution in [2.45, 2.75) is 50.8 Å². The molecule has 1 unspecified atom stereocenters. The van der Waals surface area contributed by atoms with Crippen LogP contribution in [0.4, 0.5) is 0 Å². The molecule has 6 nitrogen and oxygen atoms in total. The molecule has 0 aliphatic heterocycles. The Morgan fingerprint density at radius 1 is 1.23 bits per heavy atom. The monoisotopic (exact) mass is 401 g/mol. The number of sulfone groups is 1. The lowest BCUT2D eigenvalue weighted by Gasteiger charge is -2.18. The maximum Gasteiger partial charge on any atom is 0.191 e. The fraction of sp³-hybridized carbons (Fsp3) is 0.611. The number of nitrogens with one attached hydrogen (secondary N) is 2. The molecular weight excluding hydrogens is 370 g/mol. The van der Waals surface area contributed by atoms with Gasteiger partial charge >= 0.3 is 0 Å². The SMILES string of the molecule is CCNC(=NCc1ccc(S(C)(=O)=O)c(C)c1)NCCS(=O)C(C)(C)C. The minimum absolute atomic E-state index is 0.226. The Labute approximate surface area is 160 Å². The van der Waals surface area contributed by atoms with Gasteiger partial charge in [-0.25, -0.2) is 13.4 Å². The van der Waals surface area contributed by atoms with E-state index in [4.69, 9.17) is 0 Å². The van der Waals surface area contributed by atoms with Crippen molar-refractivity contribution in [1.29, 1.82) is 0 Å². The second-order valence-electron chi connectivity index (χ2n) is 7.16. The number of rotatable bonds is 7. The summed E-state index contributed by atoms with van der Waals surface area (Å²) in [5.74, 6) is 1.21. The maximum absolute atomic E-state index is 12.1. The number of aliphatic imine (C=N–C) groups is 1. The smallest absolute Gasteiger partial charge is 0.191 e. The van der Waals surface area contributed by atoms with Crippen LogP contribution in [-0.2, 0) is 27.2 Å².